The number of benzene rings is 1. The average molecular weight is 402 g/mol. The third kappa shape index (κ3) is 7.30. The summed E-state index contributed by atoms with van der Waals surface area (Å²) in [5, 5.41) is 11.1. The van der Waals surface area contributed by atoms with Gasteiger partial charge in [0.05, 0.1) is 18.6 Å². The number of amides is 3. The quantitative estimate of drug-likeness (QED) is 0.393. The maximum atomic E-state index is 12.5. The maximum Gasteiger partial charge on any atom is 0.239 e. The number of nitrogens with one attached hydrogen (secondary N) is 4. The minimum Gasteiger partial charge on any atom is -0.356 e. The van der Waals surface area contributed by atoms with Crippen molar-refractivity contribution in [3.8, 4) is 0 Å². The van der Waals surface area contributed by atoms with Crippen molar-refractivity contribution in [1.29, 1.82) is 0 Å². The molecule has 1 aliphatic heterocycles. The Morgan fingerprint density at radius 3 is 2.55 bits per heavy atom. The number of carbonyl (C=O) groups excluding carboxylic acids is 4. The monoisotopic (exact) mass is 402 g/mol. The van der Waals surface area contributed by atoms with Crippen LogP contribution in [0.5, 0.6) is 0 Å². The minimum atomic E-state index is -0.745. The third-order valence-corrected chi connectivity index (χ3v) is 4.95. The van der Waals surface area contributed by atoms with Crippen LogP contribution in [0.25, 0.3) is 0 Å². The van der Waals surface area contributed by atoms with Gasteiger partial charge in [0, 0.05) is 19.0 Å². The van der Waals surface area contributed by atoms with Gasteiger partial charge in [0.25, 0.3) is 0 Å². The molecule has 1 heterocycles. The molecule has 0 spiro atoms. The fourth-order valence-electron chi connectivity index (χ4n) is 3.31. The highest BCUT2D eigenvalue weighted by molar-refractivity contribution is 5.88. The summed E-state index contributed by atoms with van der Waals surface area (Å²) in [6.45, 7) is 4.76. The van der Waals surface area contributed by atoms with Crippen molar-refractivity contribution in [2.45, 2.75) is 45.3 Å². The Balaban J connectivity index is 1.79. The molecule has 0 aromatic heterocycles. The lowest BCUT2D eigenvalue weighted by molar-refractivity contribution is -0.129. The van der Waals surface area contributed by atoms with Crippen LogP contribution in [-0.4, -0.2) is 49.2 Å². The van der Waals surface area contributed by atoms with Crippen LogP contribution in [-0.2, 0) is 25.7 Å². The first-order valence-electron chi connectivity index (χ1n) is 9.98. The van der Waals surface area contributed by atoms with Crippen LogP contribution >= 0.6 is 0 Å². The Labute approximate surface area is 171 Å². The zero-order valence-electron chi connectivity index (χ0n) is 16.9. The minimum absolute atomic E-state index is 0.0328. The molecule has 29 heavy (non-hydrogen) atoms. The van der Waals surface area contributed by atoms with Crippen molar-refractivity contribution in [2.75, 3.05) is 13.1 Å². The predicted octanol–water partition coefficient (Wildman–Crippen LogP) is 0.127. The Hall–Kier alpha value is -2.74. The molecule has 0 radical (unpaired) electrons. The molecule has 3 atom stereocenters. The Kier molecular flexibility index (Phi) is 8.79. The van der Waals surface area contributed by atoms with E-state index in [9.17, 15) is 19.2 Å². The van der Waals surface area contributed by atoms with Gasteiger partial charge < -0.3 is 26.1 Å². The first kappa shape index (κ1) is 22.5. The summed E-state index contributed by atoms with van der Waals surface area (Å²) in [5.74, 6) is -1.06. The van der Waals surface area contributed by atoms with Gasteiger partial charge in [-0.15, -0.1) is 0 Å². The molecule has 1 saturated heterocycles. The van der Waals surface area contributed by atoms with Crippen molar-refractivity contribution in [3.63, 3.8) is 0 Å². The standard InChI is InChI=1S/C21H30N4O4/c1-14(2)19(23-11-15-6-4-3-5-7-15)21(29)24-12-18(27)25-17(13-26)10-16-8-9-22-20(16)28/h3-7,13-14,16-17,19,23H,8-12H2,1-2H3,(H,22,28)(H,24,29)(H,25,27). The third-order valence-electron chi connectivity index (χ3n) is 4.95. The van der Waals surface area contributed by atoms with Gasteiger partial charge in [0.15, 0.2) is 0 Å². The van der Waals surface area contributed by atoms with E-state index in [-0.39, 0.29) is 36.6 Å². The van der Waals surface area contributed by atoms with E-state index in [1.807, 2.05) is 44.2 Å². The van der Waals surface area contributed by atoms with Gasteiger partial charge in [-0.3, -0.25) is 14.4 Å². The molecule has 4 N–H and O–H groups in total. The van der Waals surface area contributed by atoms with Gasteiger partial charge in [-0.05, 0) is 24.3 Å². The highest BCUT2D eigenvalue weighted by Crippen LogP contribution is 2.15. The highest BCUT2D eigenvalue weighted by Gasteiger charge is 2.28. The van der Waals surface area contributed by atoms with E-state index in [0.29, 0.717) is 25.8 Å². The first-order valence-corrected chi connectivity index (χ1v) is 9.98. The number of hydrogen-bond acceptors (Lipinski definition) is 5. The molecule has 158 valence electrons. The average Bonchev–Trinajstić information content (AvgIpc) is 3.11. The van der Waals surface area contributed by atoms with Crippen LogP contribution in [0.1, 0.15) is 32.3 Å². The van der Waals surface area contributed by atoms with Crippen LogP contribution in [0.2, 0.25) is 0 Å². The zero-order chi connectivity index (χ0) is 21.2. The number of aldehydes is 1. The molecule has 1 aromatic carbocycles. The van der Waals surface area contributed by atoms with Crippen LogP contribution in [0, 0.1) is 11.8 Å². The topological polar surface area (TPSA) is 116 Å². The van der Waals surface area contributed by atoms with Gasteiger partial charge >= 0.3 is 0 Å². The second-order valence-corrected chi connectivity index (χ2v) is 7.63. The molecule has 0 bridgehead atoms. The molecule has 1 fully saturated rings. The number of rotatable bonds is 11. The van der Waals surface area contributed by atoms with Crippen LogP contribution in [0.3, 0.4) is 0 Å². The second kappa shape index (κ2) is 11.3. The highest BCUT2D eigenvalue weighted by atomic mass is 16.2. The molecule has 1 aliphatic rings. The molecule has 0 aliphatic carbocycles. The lowest BCUT2D eigenvalue weighted by Crippen LogP contribution is -2.50. The largest absolute Gasteiger partial charge is 0.356 e. The molecule has 2 rings (SSSR count). The van der Waals surface area contributed by atoms with E-state index in [1.165, 1.54) is 0 Å². The normalized spacial score (nSPS) is 18.0. The molecule has 3 amide bonds. The van der Waals surface area contributed by atoms with E-state index in [2.05, 4.69) is 21.3 Å². The zero-order valence-corrected chi connectivity index (χ0v) is 16.9. The second-order valence-electron chi connectivity index (χ2n) is 7.63. The Bertz CT molecular complexity index is 708. The molecule has 0 saturated carbocycles. The van der Waals surface area contributed by atoms with Crippen LogP contribution in [0.4, 0.5) is 0 Å². The summed E-state index contributed by atoms with van der Waals surface area (Å²) in [7, 11) is 0. The predicted molar refractivity (Wildman–Crippen MR) is 109 cm³/mol. The van der Waals surface area contributed by atoms with Gasteiger partial charge in [0.2, 0.25) is 17.7 Å². The van der Waals surface area contributed by atoms with Crippen molar-refractivity contribution in [1.82, 2.24) is 21.3 Å². The first-order chi connectivity index (χ1) is 13.9. The summed E-state index contributed by atoms with van der Waals surface area (Å²) < 4.78 is 0. The van der Waals surface area contributed by atoms with E-state index in [1.54, 1.807) is 0 Å². The van der Waals surface area contributed by atoms with E-state index in [4.69, 9.17) is 0 Å². The Morgan fingerprint density at radius 2 is 1.97 bits per heavy atom. The summed E-state index contributed by atoms with van der Waals surface area (Å²) in [5.41, 5.74) is 1.06. The number of hydrogen-bond donors (Lipinski definition) is 4. The lowest BCUT2D eigenvalue weighted by atomic mass is 9.99. The fourth-order valence-corrected chi connectivity index (χ4v) is 3.31. The van der Waals surface area contributed by atoms with Gasteiger partial charge in [-0.2, -0.15) is 0 Å². The van der Waals surface area contributed by atoms with Gasteiger partial charge in [-0.1, -0.05) is 44.2 Å². The van der Waals surface area contributed by atoms with Gasteiger partial charge in [-0.25, -0.2) is 0 Å². The van der Waals surface area contributed by atoms with Crippen LogP contribution in [0.15, 0.2) is 30.3 Å². The SMILES string of the molecule is CC(C)C(NCc1ccccc1)C(=O)NCC(=O)NC(C=O)CC1CCNC1=O. The molecule has 8 heteroatoms. The van der Waals surface area contributed by atoms with Crippen molar-refractivity contribution in [2.24, 2.45) is 11.8 Å². The summed E-state index contributed by atoms with van der Waals surface area (Å²) in [6.07, 6.45) is 1.55. The molecule has 8 nitrogen and oxygen atoms in total. The van der Waals surface area contributed by atoms with Gasteiger partial charge in [0.1, 0.15) is 6.29 Å². The summed E-state index contributed by atoms with van der Waals surface area (Å²) >= 11 is 0. The van der Waals surface area contributed by atoms with E-state index < -0.39 is 18.0 Å². The molecular weight excluding hydrogens is 372 g/mol. The van der Waals surface area contributed by atoms with E-state index >= 15 is 0 Å². The number of carbonyl (C=O) groups is 4. The lowest BCUT2D eigenvalue weighted by Gasteiger charge is -2.22. The molecule has 3 unspecified atom stereocenters. The smallest absolute Gasteiger partial charge is 0.239 e. The van der Waals surface area contributed by atoms with Crippen LogP contribution < -0.4 is 21.3 Å². The van der Waals surface area contributed by atoms with Crippen molar-refractivity contribution < 1.29 is 19.2 Å². The molecular formula is C21H30N4O4. The molecule has 1 aromatic rings. The van der Waals surface area contributed by atoms with Crippen molar-refractivity contribution >= 4 is 24.0 Å². The fraction of sp³-hybridized carbons (Fsp3) is 0.524. The maximum absolute atomic E-state index is 12.5. The summed E-state index contributed by atoms with van der Waals surface area (Å²) in [4.78, 5) is 47.5. The van der Waals surface area contributed by atoms with Crippen molar-refractivity contribution in [3.05, 3.63) is 35.9 Å². The van der Waals surface area contributed by atoms with E-state index in [0.717, 1.165) is 5.56 Å². The summed E-state index contributed by atoms with van der Waals surface area (Å²) in [6, 6.07) is 8.55. The Morgan fingerprint density at radius 1 is 1.24 bits per heavy atom.